The van der Waals surface area contributed by atoms with Crippen molar-refractivity contribution >= 4 is 23.5 Å². The topological polar surface area (TPSA) is 127 Å². The van der Waals surface area contributed by atoms with E-state index in [0.29, 0.717) is 18.5 Å². The zero-order valence-electron chi connectivity index (χ0n) is 17.8. The van der Waals surface area contributed by atoms with Gasteiger partial charge in [0.1, 0.15) is 12.6 Å². The first-order valence-electron chi connectivity index (χ1n) is 9.97. The number of hydrogen-bond donors (Lipinski definition) is 2. The monoisotopic (exact) mass is 430 g/mol. The molecular formula is C23H30N2O6. The molecule has 0 fully saturated rings. The number of anilines is 1. The highest BCUT2D eigenvalue weighted by atomic mass is 16.5. The molecule has 2 atom stereocenters. The van der Waals surface area contributed by atoms with Gasteiger partial charge in [0.25, 0.3) is 0 Å². The average Bonchev–Trinajstić information content (AvgIpc) is 2.75. The van der Waals surface area contributed by atoms with Crippen LogP contribution >= 0.6 is 0 Å². The number of carbonyl (C=O) groups excluding carboxylic acids is 2. The SMILES string of the molecule is CCOC(=O)[C@H](CCc1ccccc1)N[C@@H](C)C(=O)N(CC(=O)O)c1ccccc1.O. The van der Waals surface area contributed by atoms with Crippen molar-refractivity contribution in [3.05, 3.63) is 66.2 Å². The Kier molecular flexibility index (Phi) is 10.9. The fourth-order valence-electron chi connectivity index (χ4n) is 3.11. The molecule has 0 aliphatic heterocycles. The van der Waals surface area contributed by atoms with Crippen LogP contribution in [0.3, 0.4) is 0 Å². The Morgan fingerprint density at radius 1 is 1.03 bits per heavy atom. The maximum atomic E-state index is 13.0. The summed E-state index contributed by atoms with van der Waals surface area (Å²) in [6.45, 7) is 3.11. The number of hydrogen-bond acceptors (Lipinski definition) is 5. The molecule has 0 unspecified atom stereocenters. The average molecular weight is 431 g/mol. The number of rotatable bonds is 11. The maximum Gasteiger partial charge on any atom is 0.323 e. The van der Waals surface area contributed by atoms with Crippen LogP contribution in [0, 0.1) is 0 Å². The zero-order valence-corrected chi connectivity index (χ0v) is 17.8. The molecule has 0 aliphatic carbocycles. The second-order valence-electron chi connectivity index (χ2n) is 6.87. The van der Waals surface area contributed by atoms with Crippen LogP contribution in [0.1, 0.15) is 25.8 Å². The van der Waals surface area contributed by atoms with E-state index < -0.39 is 36.5 Å². The van der Waals surface area contributed by atoms with Crippen LogP contribution in [-0.2, 0) is 25.5 Å². The van der Waals surface area contributed by atoms with Gasteiger partial charge in [-0.15, -0.1) is 0 Å². The molecule has 0 aromatic heterocycles. The van der Waals surface area contributed by atoms with Crippen molar-refractivity contribution in [2.45, 2.75) is 38.8 Å². The normalized spacial score (nSPS) is 12.2. The lowest BCUT2D eigenvalue weighted by atomic mass is 10.0. The number of aryl methyl sites for hydroxylation is 1. The van der Waals surface area contributed by atoms with Gasteiger partial charge in [-0.2, -0.15) is 0 Å². The number of amides is 1. The fourth-order valence-corrected chi connectivity index (χ4v) is 3.11. The molecule has 0 aliphatic rings. The zero-order chi connectivity index (χ0) is 21.9. The molecule has 0 saturated heterocycles. The van der Waals surface area contributed by atoms with Crippen LogP contribution in [0.4, 0.5) is 5.69 Å². The molecular weight excluding hydrogens is 400 g/mol. The molecule has 2 rings (SSSR count). The number of nitrogens with zero attached hydrogens (tertiary/aromatic N) is 1. The van der Waals surface area contributed by atoms with E-state index in [-0.39, 0.29) is 12.1 Å². The first-order chi connectivity index (χ1) is 14.4. The number of nitrogens with one attached hydrogen (secondary N) is 1. The lowest BCUT2D eigenvalue weighted by Crippen LogP contribution is -2.52. The minimum atomic E-state index is -1.12. The van der Waals surface area contributed by atoms with Crippen LogP contribution in [0.5, 0.6) is 0 Å². The number of ether oxygens (including phenoxy) is 1. The van der Waals surface area contributed by atoms with Crippen molar-refractivity contribution in [1.82, 2.24) is 5.32 Å². The molecule has 4 N–H and O–H groups in total. The first kappa shape index (κ1) is 25.8. The van der Waals surface area contributed by atoms with Crippen molar-refractivity contribution in [3.63, 3.8) is 0 Å². The molecule has 0 saturated carbocycles. The Labute approximate surface area is 182 Å². The van der Waals surface area contributed by atoms with Gasteiger partial charge in [0.05, 0.1) is 12.6 Å². The van der Waals surface area contributed by atoms with Gasteiger partial charge in [0.2, 0.25) is 5.91 Å². The third kappa shape index (κ3) is 8.19. The number of carbonyl (C=O) groups is 3. The highest BCUT2D eigenvalue weighted by molar-refractivity contribution is 6.00. The maximum absolute atomic E-state index is 13.0. The summed E-state index contributed by atoms with van der Waals surface area (Å²) in [6, 6.07) is 16.9. The number of para-hydroxylation sites is 1. The summed E-state index contributed by atoms with van der Waals surface area (Å²) in [5.74, 6) is -1.99. The minimum Gasteiger partial charge on any atom is -0.480 e. The summed E-state index contributed by atoms with van der Waals surface area (Å²) in [5.41, 5.74) is 1.56. The summed E-state index contributed by atoms with van der Waals surface area (Å²) < 4.78 is 5.16. The number of carboxylic acids is 1. The van der Waals surface area contributed by atoms with Gasteiger partial charge < -0.3 is 15.3 Å². The van der Waals surface area contributed by atoms with E-state index in [9.17, 15) is 19.5 Å². The molecule has 2 aromatic rings. The Balaban J connectivity index is 0.00000480. The van der Waals surface area contributed by atoms with E-state index >= 15 is 0 Å². The second-order valence-corrected chi connectivity index (χ2v) is 6.87. The standard InChI is InChI=1S/C23H28N2O5.H2O/c1-3-30-23(29)20(15-14-18-10-6-4-7-11-18)24-17(2)22(28)25(16-21(26)27)19-12-8-5-9-13-19;/h4-13,17,20,24H,3,14-16H2,1-2H3,(H,26,27);1H2/t17-,20-;/m0./s1. The third-order valence-corrected chi connectivity index (χ3v) is 4.58. The van der Waals surface area contributed by atoms with Crippen LogP contribution in [0.15, 0.2) is 60.7 Å². The number of benzene rings is 2. The van der Waals surface area contributed by atoms with Gasteiger partial charge in [-0.1, -0.05) is 48.5 Å². The third-order valence-electron chi connectivity index (χ3n) is 4.58. The van der Waals surface area contributed by atoms with Gasteiger partial charge in [-0.3, -0.25) is 24.6 Å². The molecule has 0 spiro atoms. The van der Waals surface area contributed by atoms with Crippen molar-refractivity contribution in [1.29, 1.82) is 0 Å². The molecule has 0 radical (unpaired) electrons. The smallest absolute Gasteiger partial charge is 0.323 e. The predicted octanol–water partition coefficient (Wildman–Crippen LogP) is 1.82. The quantitative estimate of drug-likeness (QED) is 0.524. The van der Waals surface area contributed by atoms with Crippen LogP contribution in [0.25, 0.3) is 0 Å². The number of esters is 1. The second kappa shape index (κ2) is 13.1. The summed E-state index contributed by atoms with van der Waals surface area (Å²) in [4.78, 5) is 37.9. The largest absolute Gasteiger partial charge is 0.480 e. The van der Waals surface area contributed by atoms with Crippen molar-refractivity contribution < 1.29 is 29.7 Å². The summed E-state index contributed by atoms with van der Waals surface area (Å²) in [7, 11) is 0. The van der Waals surface area contributed by atoms with E-state index in [1.54, 1.807) is 44.2 Å². The fraction of sp³-hybridized carbons (Fsp3) is 0.348. The molecule has 0 bridgehead atoms. The van der Waals surface area contributed by atoms with Gasteiger partial charge in [0, 0.05) is 5.69 Å². The van der Waals surface area contributed by atoms with Gasteiger partial charge in [-0.05, 0) is 44.4 Å². The van der Waals surface area contributed by atoms with Gasteiger partial charge in [-0.25, -0.2) is 0 Å². The van der Waals surface area contributed by atoms with E-state index in [0.717, 1.165) is 5.56 Å². The molecule has 8 heteroatoms. The Morgan fingerprint density at radius 2 is 1.61 bits per heavy atom. The molecule has 2 aromatic carbocycles. The van der Waals surface area contributed by atoms with Crippen molar-refractivity contribution in [3.8, 4) is 0 Å². The number of aliphatic carboxylic acids is 1. The Bertz CT molecular complexity index is 828. The highest BCUT2D eigenvalue weighted by Crippen LogP contribution is 2.15. The van der Waals surface area contributed by atoms with E-state index in [2.05, 4.69) is 5.32 Å². The molecule has 1 amide bonds. The highest BCUT2D eigenvalue weighted by Gasteiger charge is 2.29. The van der Waals surface area contributed by atoms with E-state index in [1.165, 1.54) is 4.90 Å². The number of carboxylic acid groups (broad SMARTS) is 1. The molecule has 8 nitrogen and oxygen atoms in total. The Hall–Kier alpha value is -3.23. The molecule has 31 heavy (non-hydrogen) atoms. The molecule has 168 valence electrons. The van der Waals surface area contributed by atoms with Crippen molar-refractivity contribution in [2.75, 3.05) is 18.1 Å². The van der Waals surface area contributed by atoms with Crippen LogP contribution < -0.4 is 10.2 Å². The van der Waals surface area contributed by atoms with Crippen LogP contribution in [-0.4, -0.2) is 53.7 Å². The summed E-state index contributed by atoms with van der Waals surface area (Å²) in [5, 5.41) is 12.3. The van der Waals surface area contributed by atoms with Crippen LogP contribution in [0.2, 0.25) is 0 Å². The first-order valence-corrected chi connectivity index (χ1v) is 9.97. The van der Waals surface area contributed by atoms with E-state index in [1.807, 2.05) is 30.3 Å². The lowest BCUT2D eigenvalue weighted by Gasteiger charge is -2.27. The lowest BCUT2D eigenvalue weighted by molar-refractivity contribution is -0.146. The van der Waals surface area contributed by atoms with E-state index in [4.69, 9.17) is 4.74 Å². The summed E-state index contributed by atoms with van der Waals surface area (Å²) in [6.07, 6.45) is 1.08. The van der Waals surface area contributed by atoms with Gasteiger partial charge in [0.15, 0.2) is 0 Å². The molecule has 0 heterocycles. The van der Waals surface area contributed by atoms with Crippen molar-refractivity contribution in [2.24, 2.45) is 0 Å². The summed E-state index contributed by atoms with van der Waals surface area (Å²) >= 11 is 0. The van der Waals surface area contributed by atoms with Gasteiger partial charge >= 0.3 is 11.9 Å². The Morgan fingerprint density at radius 3 is 2.16 bits per heavy atom. The predicted molar refractivity (Wildman–Crippen MR) is 118 cm³/mol. The minimum absolute atomic E-state index is 0.